The Hall–Kier alpha value is -4.30. The highest BCUT2D eigenvalue weighted by atomic mass is 35.5. The van der Waals surface area contributed by atoms with Crippen molar-refractivity contribution in [3.05, 3.63) is 72.1 Å². The van der Waals surface area contributed by atoms with Crippen LogP contribution in [-0.4, -0.2) is 31.7 Å². The SMILES string of the molecule is CNc1ccc(-c2c(-c3ccc(Oc4ccc(Cl)cn4)c(O)c3)c3c(N)ncnc3n2C)cc1. The predicted molar refractivity (Wildman–Crippen MR) is 134 cm³/mol. The van der Waals surface area contributed by atoms with Crippen LogP contribution in [0.2, 0.25) is 5.02 Å². The molecule has 0 atom stereocenters. The average molecular weight is 473 g/mol. The van der Waals surface area contributed by atoms with Crippen LogP contribution in [0.3, 0.4) is 0 Å². The fourth-order valence-electron chi connectivity index (χ4n) is 3.98. The van der Waals surface area contributed by atoms with Crippen molar-refractivity contribution in [2.75, 3.05) is 18.1 Å². The van der Waals surface area contributed by atoms with E-state index in [1.165, 1.54) is 12.5 Å². The summed E-state index contributed by atoms with van der Waals surface area (Å²) >= 11 is 5.89. The number of phenols is 1. The number of anilines is 2. The van der Waals surface area contributed by atoms with Gasteiger partial charge in [0.1, 0.15) is 17.8 Å². The number of aromatic nitrogens is 4. The Morgan fingerprint density at radius 3 is 2.44 bits per heavy atom. The van der Waals surface area contributed by atoms with Crippen LogP contribution < -0.4 is 15.8 Å². The number of nitrogen functional groups attached to an aromatic ring is 1. The molecule has 0 aliphatic heterocycles. The summed E-state index contributed by atoms with van der Waals surface area (Å²) in [6.45, 7) is 0. The molecule has 4 N–H and O–H groups in total. The lowest BCUT2D eigenvalue weighted by Gasteiger charge is -2.12. The van der Waals surface area contributed by atoms with Crippen molar-refractivity contribution in [1.29, 1.82) is 0 Å². The summed E-state index contributed by atoms with van der Waals surface area (Å²) in [7, 11) is 3.81. The number of benzene rings is 2. The molecular formula is C25H21ClN6O2. The maximum Gasteiger partial charge on any atom is 0.219 e. The van der Waals surface area contributed by atoms with Crippen LogP contribution in [0, 0.1) is 0 Å². The molecule has 0 saturated heterocycles. The molecule has 0 fully saturated rings. The molecule has 0 radical (unpaired) electrons. The monoisotopic (exact) mass is 472 g/mol. The molecule has 3 heterocycles. The topological polar surface area (TPSA) is 111 Å². The van der Waals surface area contributed by atoms with Crippen molar-refractivity contribution in [1.82, 2.24) is 19.5 Å². The summed E-state index contributed by atoms with van der Waals surface area (Å²) in [5, 5.41) is 15.1. The molecule has 5 aromatic rings. The van der Waals surface area contributed by atoms with E-state index < -0.39 is 0 Å². The van der Waals surface area contributed by atoms with Crippen LogP contribution in [0.25, 0.3) is 33.4 Å². The molecule has 0 aliphatic rings. The van der Waals surface area contributed by atoms with Gasteiger partial charge < -0.3 is 25.5 Å². The number of aryl methyl sites for hydroxylation is 1. The van der Waals surface area contributed by atoms with E-state index in [-0.39, 0.29) is 11.5 Å². The highest BCUT2D eigenvalue weighted by molar-refractivity contribution is 6.30. The minimum Gasteiger partial charge on any atom is -0.504 e. The number of nitrogens with two attached hydrogens (primary N) is 1. The molecule has 3 aromatic heterocycles. The molecule has 2 aromatic carbocycles. The minimum atomic E-state index is -0.0434. The first kappa shape index (κ1) is 21.5. The summed E-state index contributed by atoms with van der Waals surface area (Å²) in [6, 6.07) is 16.5. The van der Waals surface area contributed by atoms with E-state index in [1.807, 2.05) is 49.0 Å². The molecule has 0 spiro atoms. The number of nitrogens with zero attached hydrogens (tertiary/aromatic N) is 4. The van der Waals surface area contributed by atoms with Crippen molar-refractivity contribution in [3.8, 4) is 39.8 Å². The Morgan fingerprint density at radius 2 is 1.76 bits per heavy atom. The molecule has 9 heteroatoms. The van der Waals surface area contributed by atoms with E-state index in [9.17, 15) is 5.11 Å². The van der Waals surface area contributed by atoms with Crippen LogP contribution in [0.1, 0.15) is 0 Å². The van der Waals surface area contributed by atoms with Gasteiger partial charge in [-0.25, -0.2) is 15.0 Å². The molecule has 0 bridgehead atoms. The molecule has 0 saturated carbocycles. The van der Waals surface area contributed by atoms with Gasteiger partial charge in [0.25, 0.3) is 0 Å². The maximum absolute atomic E-state index is 10.8. The quantitative estimate of drug-likeness (QED) is 0.311. The van der Waals surface area contributed by atoms with Gasteiger partial charge in [0, 0.05) is 37.6 Å². The summed E-state index contributed by atoms with van der Waals surface area (Å²) < 4.78 is 7.71. The number of phenolic OH excluding ortho intramolecular Hbond substituents is 1. The molecule has 8 nitrogen and oxygen atoms in total. The molecule has 0 unspecified atom stereocenters. The number of ether oxygens (including phenoxy) is 1. The lowest BCUT2D eigenvalue weighted by Crippen LogP contribution is -1.96. The lowest BCUT2D eigenvalue weighted by atomic mass is 9.98. The van der Waals surface area contributed by atoms with E-state index >= 15 is 0 Å². The normalized spacial score (nSPS) is 11.0. The van der Waals surface area contributed by atoms with Crippen LogP contribution in [-0.2, 0) is 7.05 Å². The molecule has 0 aliphatic carbocycles. The highest BCUT2D eigenvalue weighted by Crippen LogP contribution is 2.44. The van der Waals surface area contributed by atoms with Crippen molar-refractivity contribution < 1.29 is 9.84 Å². The average Bonchev–Trinajstić information content (AvgIpc) is 3.15. The molecule has 170 valence electrons. The smallest absolute Gasteiger partial charge is 0.219 e. The number of rotatable bonds is 5. The fraction of sp³-hybridized carbons (Fsp3) is 0.0800. The van der Waals surface area contributed by atoms with E-state index in [4.69, 9.17) is 22.1 Å². The van der Waals surface area contributed by atoms with Crippen molar-refractivity contribution >= 4 is 34.1 Å². The van der Waals surface area contributed by atoms with Crippen LogP contribution in [0.5, 0.6) is 17.4 Å². The largest absolute Gasteiger partial charge is 0.504 e. The summed E-state index contributed by atoms with van der Waals surface area (Å²) in [4.78, 5) is 12.8. The van der Waals surface area contributed by atoms with Gasteiger partial charge >= 0.3 is 0 Å². The van der Waals surface area contributed by atoms with Crippen LogP contribution in [0.4, 0.5) is 11.5 Å². The minimum absolute atomic E-state index is 0.0434. The second-order valence-electron chi connectivity index (χ2n) is 7.67. The highest BCUT2D eigenvalue weighted by Gasteiger charge is 2.22. The predicted octanol–water partition coefficient (Wildman–Crippen LogP) is 5.47. The lowest BCUT2D eigenvalue weighted by molar-refractivity contribution is 0.403. The second kappa shape index (κ2) is 8.57. The van der Waals surface area contributed by atoms with Gasteiger partial charge in [0.15, 0.2) is 11.5 Å². The van der Waals surface area contributed by atoms with E-state index in [1.54, 1.807) is 24.3 Å². The third-order valence-electron chi connectivity index (χ3n) is 5.61. The van der Waals surface area contributed by atoms with Crippen LogP contribution in [0.15, 0.2) is 67.1 Å². The number of aromatic hydroxyl groups is 1. The zero-order valence-electron chi connectivity index (χ0n) is 18.5. The molecule has 34 heavy (non-hydrogen) atoms. The number of nitrogens with one attached hydrogen (secondary N) is 1. The Balaban J connectivity index is 1.66. The van der Waals surface area contributed by atoms with Gasteiger partial charge in [-0.1, -0.05) is 29.8 Å². The first-order valence-electron chi connectivity index (χ1n) is 10.5. The first-order valence-corrected chi connectivity index (χ1v) is 10.8. The van der Waals surface area contributed by atoms with Gasteiger partial charge in [0.05, 0.1) is 16.1 Å². The standard InChI is InChI=1S/C25H21ClN6O2/c1-28-17-7-3-14(4-8-17)23-21(22-24(27)30-13-31-25(22)32(23)2)15-5-9-19(18(33)11-15)34-20-10-6-16(26)12-29-20/h3-13,28,33H,1-2H3,(H2,27,30,31). The second-order valence-corrected chi connectivity index (χ2v) is 8.10. The third-order valence-corrected chi connectivity index (χ3v) is 5.83. The van der Waals surface area contributed by atoms with Gasteiger partial charge in [0.2, 0.25) is 5.88 Å². The van der Waals surface area contributed by atoms with E-state index in [0.29, 0.717) is 27.8 Å². The van der Waals surface area contributed by atoms with E-state index in [0.717, 1.165) is 28.1 Å². The Morgan fingerprint density at radius 1 is 1.00 bits per heavy atom. The van der Waals surface area contributed by atoms with Gasteiger partial charge in [-0.05, 0) is 41.5 Å². The van der Waals surface area contributed by atoms with Crippen molar-refractivity contribution in [2.24, 2.45) is 7.05 Å². The number of hydrogen-bond acceptors (Lipinski definition) is 7. The molecular weight excluding hydrogens is 452 g/mol. The Bertz CT molecular complexity index is 1500. The zero-order valence-corrected chi connectivity index (χ0v) is 19.2. The Labute approximate surface area is 200 Å². The number of fused-ring (bicyclic) bond motifs is 1. The van der Waals surface area contributed by atoms with Gasteiger partial charge in [-0.3, -0.25) is 0 Å². The number of pyridine rings is 1. The summed E-state index contributed by atoms with van der Waals surface area (Å²) in [5.74, 6) is 0.903. The maximum atomic E-state index is 10.8. The van der Waals surface area contributed by atoms with Crippen molar-refractivity contribution in [3.63, 3.8) is 0 Å². The van der Waals surface area contributed by atoms with Gasteiger partial charge in [-0.15, -0.1) is 0 Å². The summed E-state index contributed by atoms with van der Waals surface area (Å²) in [5.41, 5.74) is 11.4. The van der Waals surface area contributed by atoms with Crippen molar-refractivity contribution in [2.45, 2.75) is 0 Å². The number of hydrogen-bond donors (Lipinski definition) is 3. The molecule has 5 rings (SSSR count). The Kier molecular flexibility index (Phi) is 5.43. The summed E-state index contributed by atoms with van der Waals surface area (Å²) in [6.07, 6.45) is 2.93. The van der Waals surface area contributed by atoms with E-state index in [2.05, 4.69) is 20.3 Å². The molecule has 0 amide bonds. The van der Waals surface area contributed by atoms with Crippen LogP contribution >= 0.6 is 11.6 Å². The number of halogens is 1. The fourth-order valence-corrected chi connectivity index (χ4v) is 4.10. The third kappa shape index (κ3) is 3.74. The van der Waals surface area contributed by atoms with Gasteiger partial charge in [-0.2, -0.15) is 0 Å². The zero-order chi connectivity index (χ0) is 23.8. The first-order chi connectivity index (χ1) is 16.5.